The molecule has 0 saturated carbocycles. The van der Waals surface area contributed by atoms with E-state index in [-0.39, 0.29) is 11.8 Å². The number of carbonyl (C=O) groups excluding carboxylic acids is 2. The third kappa shape index (κ3) is 4.91. The van der Waals surface area contributed by atoms with Crippen LogP contribution >= 0.6 is 0 Å². The minimum absolute atomic E-state index is 0.202. The number of amides is 2. The Labute approximate surface area is 119 Å². The lowest BCUT2D eigenvalue weighted by molar-refractivity contribution is -0.133. The van der Waals surface area contributed by atoms with Gasteiger partial charge in [0.15, 0.2) is 6.10 Å². The summed E-state index contributed by atoms with van der Waals surface area (Å²) in [5.74, 6) is 0.126. The molecule has 0 saturated heterocycles. The van der Waals surface area contributed by atoms with Gasteiger partial charge in [0.2, 0.25) is 5.91 Å². The van der Waals surface area contributed by atoms with Crippen LogP contribution in [0.25, 0.3) is 0 Å². The van der Waals surface area contributed by atoms with E-state index in [1.807, 2.05) is 45.0 Å². The highest BCUT2D eigenvalue weighted by atomic mass is 16.5. The van der Waals surface area contributed by atoms with Crippen molar-refractivity contribution in [2.24, 2.45) is 0 Å². The van der Waals surface area contributed by atoms with Gasteiger partial charge in [-0.3, -0.25) is 20.4 Å². The maximum Gasteiger partial charge on any atom is 0.279 e. The SMILES string of the molecule is CCCC(=O)NNC(=O)C(CC)Oc1ccccc1C. The molecule has 1 atom stereocenters. The average molecular weight is 278 g/mol. The van der Waals surface area contributed by atoms with E-state index >= 15 is 0 Å². The van der Waals surface area contributed by atoms with Crippen molar-refractivity contribution in [1.29, 1.82) is 0 Å². The topological polar surface area (TPSA) is 67.4 Å². The van der Waals surface area contributed by atoms with Gasteiger partial charge in [-0.15, -0.1) is 0 Å². The molecular weight excluding hydrogens is 256 g/mol. The number of hydrogen-bond acceptors (Lipinski definition) is 3. The highest BCUT2D eigenvalue weighted by molar-refractivity contribution is 5.84. The Balaban J connectivity index is 2.55. The van der Waals surface area contributed by atoms with Crippen LogP contribution in [0.2, 0.25) is 0 Å². The van der Waals surface area contributed by atoms with E-state index in [2.05, 4.69) is 10.9 Å². The van der Waals surface area contributed by atoms with E-state index in [9.17, 15) is 9.59 Å². The van der Waals surface area contributed by atoms with Crippen molar-refractivity contribution in [2.75, 3.05) is 0 Å². The molecule has 1 aromatic rings. The standard InChI is InChI=1S/C15H22N2O3/c1-4-8-14(18)16-17-15(19)12(5-2)20-13-10-7-6-9-11(13)3/h6-7,9-10,12H,4-5,8H2,1-3H3,(H,16,18)(H,17,19). The number of benzene rings is 1. The van der Waals surface area contributed by atoms with Gasteiger partial charge in [0.25, 0.3) is 5.91 Å². The molecule has 0 heterocycles. The number of hydrogen-bond donors (Lipinski definition) is 2. The van der Waals surface area contributed by atoms with Crippen LogP contribution in [0.5, 0.6) is 5.75 Å². The summed E-state index contributed by atoms with van der Waals surface area (Å²) in [4.78, 5) is 23.3. The van der Waals surface area contributed by atoms with E-state index in [4.69, 9.17) is 4.74 Å². The van der Waals surface area contributed by atoms with Gasteiger partial charge < -0.3 is 4.74 Å². The van der Waals surface area contributed by atoms with Crippen LogP contribution in [-0.2, 0) is 9.59 Å². The molecule has 1 rings (SSSR count). The van der Waals surface area contributed by atoms with E-state index in [0.717, 1.165) is 12.0 Å². The van der Waals surface area contributed by atoms with Gasteiger partial charge in [-0.2, -0.15) is 0 Å². The number of nitrogens with one attached hydrogen (secondary N) is 2. The van der Waals surface area contributed by atoms with E-state index in [1.165, 1.54) is 0 Å². The third-order valence-electron chi connectivity index (χ3n) is 2.83. The Morgan fingerprint density at radius 3 is 2.50 bits per heavy atom. The molecule has 0 spiro atoms. The molecular formula is C15H22N2O3. The minimum Gasteiger partial charge on any atom is -0.480 e. The zero-order chi connectivity index (χ0) is 15.0. The van der Waals surface area contributed by atoms with Gasteiger partial charge in [0.1, 0.15) is 5.75 Å². The summed E-state index contributed by atoms with van der Waals surface area (Å²) >= 11 is 0. The largest absolute Gasteiger partial charge is 0.480 e. The molecule has 110 valence electrons. The summed E-state index contributed by atoms with van der Waals surface area (Å²) in [7, 11) is 0. The first-order valence-corrected chi connectivity index (χ1v) is 6.89. The number of hydrazine groups is 1. The normalized spacial score (nSPS) is 11.6. The summed E-state index contributed by atoms with van der Waals surface area (Å²) in [5, 5.41) is 0. The maximum absolute atomic E-state index is 11.9. The van der Waals surface area contributed by atoms with E-state index in [0.29, 0.717) is 18.6 Å². The molecule has 0 aliphatic rings. The summed E-state index contributed by atoms with van der Waals surface area (Å²) in [6.07, 6.45) is 1.01. The summed E-state index contributed by atoms with van der Waals surface area (Å²) in [6.45, 7) is 5.68. The molecule has 0 bridgehead atoms. The van der Waals surface area contributed by atoms with Crippen LogP contribution in [0.15, 0.2) is 24.3 Å². The molecule has 5 heteroatoms. The predicted octanol–water partition coefficient (Wildman–Crippen LogP) is 2.10. The Kier molecular flexibility index (Phi) is 6.56. The first kappa shape index (κ1) is 16.0. The zero-order valence-corrected chi connectivity index (χ0v) is 12.2. The minimum atomic E-state index is -0.627. The van der Waals surface area contributed by atoms with Crippen molar-refractivity contribution < 1.29 is 14.3 Å². The summed E-state index contributed by atoms with van der Waals surface area (Å²) in [6, 6.07) is 7.51. The van der Waals surface area contributed by atoms with E-state index < -0.39 is 6.10 Å². The highest BCUT2D eigenvalue weighted by Gasteiger charge is 2.19. The number of carbonyl (C=O) groups is 2. The lowest BCUT2D eigenvalue weighted by atomic mass is 10.2. The van der Waals surface area contributed by atoms with Crippen LogP contribution in [0.4, 0.5) is 0 Å². The van der Waals surface area contributed by atoms with Crippen molar-refractivity contribution in [3.05, 3.63) is 29.8 Å². The summed E-state index contributed by atoms with van der Waals surface area (Å²) in [5.41, 5.74) is 5.74. The molecule has 1 unspecified atom stereocenters. The Morgan fingerprint density at radius 2 is 1.90 bits per heavy atom. The molecule has 0 radical (unpaired) electrons. The van der Waals surface area contributed by atoms with Gasteiger partial charge in [-0.25, -0.2) is 0 Å². The first-order chi connectivity index (χ1) is 9.58. The van der Waals surface area contributed by atoms with Gasteiger partial charge in [0, 0.05) is 6.42 Å². The fourth-order valence-electron chi connectivity index (χ4n) is 1.67. The average Bonchev–Trinajstić information content (AvgIpc) is 2.44. The fraction of sp³-hybridized carbons (Fsp3) is 0.467. The second kappa shape index (κ2) is 8.19. The molecule has 0 aliphatic heterocycles. The van der Waals surface area contributed by atoms with Crippen molar-refractivity contribution in [3.8, 4) is 5.75 Å². The highest BCUT2D eigenvalue weighted by Crippen LogP contribution is 2.18. The number of aryl methyl sites for hydroxylation is 1. The molecule has 0 fully saturated rings. The van der Waals surface area contributed by atoms with Crippen LogP contribution in [0.1, 0.15) is 38.7 Å². The van der Waals surface area contributed by atoms with Crippen molar-refractivity contribution >= 4 is 11.8 Å². The van der Waals surface area contributed by atoms with Crippen molar-refractivity contribution in [3.63, 3.8) is 0 Å². The van der Waals surface area contributed by atoms with Crippen LogP contribution < -0.4 is 15.6 Å². The number of ether oxygens (including phenoxy) is 1. The second-order valence-electron chi connectivity index (χ2n) is 4.57. The van der Waals surface area contributed by atoms with Gasteiger partial charge in [-0.1, -0.05) is 32.0 Å². The van der Waals surface area contributed by atoms with Crippen LogP contribution in [0.3, 0.4) is 0 Å². The number of para-hydroxylation sites is 1. The van der Waals surface area contributed by atoms with Crippen molar-refractivity contribution in [1.82, 2.24) is 10.9 Å². The predicted molar refractivity (Wildman–Crippen MR) is 77.1 cm³/mol. The van der Waals surface area contributed by atoms with Gasteiger partial charge in [-0.05, 0) is 31.4 Å². The third-order valence-corrected chi connectivity index (χ3v) is 2.83. The number of rotatable bonds is 6. The van der Waals surface area contributed by atoms with Gasteiger partial charge >= 0.3 is 0 Å². The van der Waals surface area contributed by atoms with E-state index in [1.54, 1.807) is 0 Å². The monoisotopic (exact) mass is 278 g/mol. The quantitative estimate of drug-likeness (QED) is 0.783. The van der Waals surface area contributed by atoms with Crippen molar-refractivity contribution in [2.45, 2.75) is 46.1 Å². The van der Waals surface area contributed by atoms with Crippen LogP contribution in [0, 0.1) is 6.92 Å². The molecule has 0 aromatic heterocycles. The Bertz CT molecular complexity index is 460. The smallest absolute Gasteiger partial charge is 0.279 e. The lowest BCUT2D eigenvalue weighted by Crippen LogP contribution is -2.47. The zero-order valence-electron chi connectivity index (χ0n) is 12.2. The first-order valence-electron chi connectivity index (χ1n) is 6.89. The second-order valence-corrected chi connectivity index (χ2v) is 4.57. The molecule has 1 aromatic carbocycles. The molecule has 0 aliphatic carbocycles. The molecule has 20 heavy (non-hydrogen) atoms. The maximum atomic E-state index is 11.9. The lowest BCUT2D eigenvalue weighted by Gasteiger charge is -2.18. The van der Waals surface area contributed by atoms with Crippen LogP contribution in [-0.4, -0.2) is 17.9 Å². The van der Waals surface area contributed by atoms with Gasteiger partial charge in [0.05, 0.1) is 0 Å². The molecule has 5 nitrogen and oxygen atoms in total. The summed E-state index contributed by atoms with van der Waals surface area (Å²) < 4.78 is 5.69. The molecule has 2 N–H and O–H groups in total. The molecule has 2 amide bonds. The Hall–Kier alpha value is -2.04. The Morgan fingerprint density at radius 1 is 1.20 bits per heavy atom. The fourth-order valence-corrected chi connectivity index (χ4v) is 1.67.